The van der Waals surface area contributed by atoms with Gasteiger partial charge >= 0.3 is 0 Å². The number of aliphatic hydroxyl groups is 1. The Labute approximate surface area is 136 Å². The highest BCUT2D eigenvalue weighted by Crippen LogP contribution is 2.18. The van der Waals surface area contributed by atoms with Gasteiger partial charge in [0, 0.05) is 18.2 Å². The van der Waals surface area contributed by atoms with Gasteiger partial charge in [0.2, 0.25) is 0 Å². The van der Waals surface area contributed by atoms with Gasteiger partial charge in [-0.3, -0.25) is 4.79 Å². The molecule has 0 fully saturated rings. The van der Waals surface area contributed by atoms with E-state index in [1.165, 1.54) is 31.2 Å². The van der Waals surface area contributed by atoms with Crippen LogP contribution in [-0.4, -0.2) is 23.7 Å². The van der Waals surface area contributed by atoms with Crippen molar-refractivity contribution in [2.45, 2.75) is 19.1 Å². The van der Waals surface area contributed by atoms with Crippen molar-refractivity contribution < 1.29 is 27.8 Å². The molecule has 1 amide bonds. The minimum Gasteiger partial charge on any atom is -0.481 e. The highest BCUT2D eigenvalue weighted by molar-refractivity contribution is 5.80. The molecule has 4 nitrogen and oxygen atoms in total. The number of nitrogens with one attached hydrogen (secondary N) is 1. The summed E-state index contributed by atoms with van der Waals surface area (Å²) >= 11 is 0. The number of carbonyl (C=O) groups is 1. The predicted octanol–water partition coefficient (Wildman–Crippen LogP) is 2.72. The summed E-state index contributed by atoms with van der Waals surface area (Å²) < 4.78 is 44.6. The highest BCUT2D eigenvalue weighted by atomic mass is 19.2. The third kappa shape index (κ3) is 4.48. The molecule has 0 saturated carbocycles. The minimum atomic E-state index is -1.22. The van der Waals surface area contributed by atoms with E-state index in [2.05, 4.69) is 5.32 Å². The van der Waals surface area contributed by atoms with Crippen LogP contribution in [0.2, 0.25) is 0 Å². The van der Waals surface area contributed by atoms with E-state index < -0.39 is 35.6 Å². The molecule has 24 heavy (non-hydrogen) atoms. The fourth-order valence-electron chi connectivity index (χ4n) is 2.00. The van der Waals surface area contributed by atoms with E-state index in [9.17, 15) is 23.1 Å². The molecular weight excluding hydrogens is 323 g/mol. The Kier molecular flexibility index (Phi) is 5.81. The van der Waals surface area contributed by atoms with E-state index >= 15 is 0 Å². The molecule has 2 aromatic rings. The number of ether oxygens (including phenoxy) is 1. The van der Waals surface area contributed by atoms with Gasteiger partial charge < -0.3 is 15.2 Å². The Morgan fingerprint density at radius 1 is 1.12 bits per heavy atom. The van der Waals surface area contributed by atoms with Crippen LogP contribution in [0.5, 0.6) is 5.75 Å². The number of hydrogen-bond acceptors (Lipinski definition) is 3. The lowest BCUT2D eigenvalue weighted by Crippen LogP contribution is -2.38. The van der Waals surface area contributed by atoms with Crippen LogP contribution in [0.3, 0.4) is 0 Å². The lowest BCUT2D eigenvalue weighted by molar-refractivity contribution is -0.127. The van der Waals surface area contributed by atoms with Crippen molar-refractivity contribution in [2.75, 3.05) is 6.54 Å². The molecule has 0 aliphatic heterocycles. The number of aliphatic hydroxyl groups excluding tert-OH is 1. The first kappa shape index (κ1) is 17.8. The highest BCUT2D eigenvalue weighted by Gasteiger charge is 2.18. The maximum absolute atomic E-state index is 13.5. The molecule has 0 bridgehead atoms. The molecule has 2 aromatic carbocycles. The first-order valence-corrected chi connectivity index (χ1v) is 7.20. The van der Waals surface area contributed by atoms with Crippen LogP contribution >= 0.6 is 0 Å². The van der Waals surface area contributed by atoms with E-state index in [1.807, 2.05) is 0 Å². The van der Waals surface area contributed by atoms with Crippen LogP contribution in [0.15, 0.2) is 42.5 Å². The Hall–Kier alpha value is -2.54. The molecule has 0 aromatic heterocycles. The van der Waals surface area contributed by atoms with Gasteiger partial charge in [0.1, 0.15) is 11.6 Å². The summed E-state index contributed by atoms with van der Waals surface area (Å²) in [4.78, 5) is 11.9. The first-order chi connectivity index (χ1) is 11.4. The normalized spacial score (nSPS) is 13.2. The third-order valence-electron chi connectivity index (χ3n) is 3.31. The molecule has 0 aliphatic carbocycles. The van der Waals surface area contributed by atoms with Gasteiger partial charge in [0.05, 0.1) is 6.10 Å². The van der Waals surface area contributed by atoms with Gasteiger partial charge in [-0.15, -0.1) is 0 Å². The summed E-state index contributed by atoms with van der Waals surface area (Å²) in [5.41, 5.74) is 0.0620. The summed E-state index contributed by atoms with van der Waals surface area (Å²) in [7, 11) is 0. The van der Waals surface area contributed by atoms with Crippen LogP contribution in [-0.2, 0) is 4.79 Å². The van der Waals surface area contributed by atoms with E-state index in [0.29, 0.717) is 0 Å². The van der Waals surface area contributed by atoms with Gasteiger partial charge in [-0.05, 0) is 25.1 Å². The second-order valence-corrected chi connectivity index (χ2v) is 5.12. The molecule has 0 saturated heterocycles. The van der Waals surface area contributed by atoms with Crippen molar-refractivity contribution in [3.63, 3.8) is 0 Å². The lowest BCUT2D eigenvalue weighted by Gasteiger charge is -2.17. The summed E-state index contributed by atoms with van der Waals surface area (Å²) in [5, 5.41) is 12.3. The van der Waals surface area contributed by atoms with Crippen LogP contribution in [0, 0.1) is 17.5 Å². The fraction of sp³-hybridized carbons (Fsp3) is 0.235. The monoisotopic (exact) mass is 339 g/mol. The lowest BCUT2D eigenvalue weighted by atomic mass is 10.1. The summed E-state index contributed by atoms with van der Waals surface area (Å²) in [6, 6.07) is 8.57. The topological polar surface area (TPSA) is 58.6 Å². The van der Waals surface area contributed by atoms with Crippen molar-refractivity contribution in [3.8, 4) is 5.75 Å². The van der Waals surface area contributed by atoms with Crippen LogP contribution in [0.1, 0.15) is 18.6 Å². The number of carbonyl (C=O) groups excluding carboxylic acids is 1. The zero-order valence-electron chi connectivity index (χ0n) is 12.8. The fourth-order valence-corrected chi connectivity index (χ4v) is 2.00. The molecule has 0 radical (unpaired) electrons. The maximum Gasteiger partial charge on any atom is 0.260 e. The molecule has 7 heteroatoms. The van der Waals surface area contributed by atoms with E-state index in [1.54, 1.807) is 6.07 Å². The SMILES string of the molecule is CC(Oc1ccc(F)c(F)c1)C(=O)NCC(O)c1ccccc1F. The maximum atomic E-state index is 13.5. The first-order valence-electron chi connectivity index (χ1n) is 7.20. The largest absolute Gasteiger partial charge is 0.481 e. The Morgan fingerprint density at radius 3 is 2.50 bits per heavy atom. The van der Waals surface area contributed by atoms with E-state index in [4.69, 9.17) is 4.74 Å². The van der Waals surface area contributed by atoms with Gasteiger partial charge in [0.15, 0.2) is 17.7 Å². The Bertz CT molecular complexity index is 724. The molecule has 2 atom stereocenters. The zero-order valence-corrected chi connectivity index (χ0v) is 12.8. The Morgan fingerprint density at radius 2 is 1.83 bits per heavy atom. The molecule has 2 N–H and O–H groups in total. The van der Waals surface area contributed by atoms with Gasteiger partial charge in [-0.25, -0.2) is 13.2 Å². The zero-order chi connectivity index (χ0) is 17.7. The molecule has 0 heterocycles. The molecular formula is C17H16F3NO3. The standard InChI is InChI=1S/C17H16F3NO3/c1-10(24-11-6-7-14(19)15(20)8-11)17(23)21-9-16(22)12-4-2-3-5-13(12)18/h2-8,10,16,22H,9H2,1H3,(H,21,23). The van der Waals surface area contributed by atoms with Gasteiger partial charge in [-0.2, -0.15) is 0 Å². The average Bonchev–Trinajstić information content (AvgIpc) is 2.56. The number of amides is 1. The quantitative estimate of drug-likeness (QED) is 0.851. The number of halogens is 3. The van der Waals surface area contributed by atoms with Crippen molar-refractivity contribution in [1.82, 2.24) is 5.32 Å². The second-order valence-electron chi connectivity index (χ2n) is 5.12. The predicted molar refractivity (Wildman–Crippen MR) is 80.8 cm³/mol. The number of benzene rings is 2. The summed E-state index contributed by atoms with van der Waals surface area (Å²) in [6.07, 6.45) is -2.23. The van der Waals surface area contributed by atoms with E-state index in [0.717, 1.165) is 12.1 Å². The molecule has 128 valence electrons. The van der Waals surface area contributed by atoms with Crippen molar-refractivity contribution in [3.05, 3.63) is 65.5 Å². The van der Waals surface area contributed by atoms with Gasteiger partial charge in [-0.1, -0.05) is 18.2 Å². The van der Waals surface area contributed by atoms with Gasteiger partial charge in [0.25, 0.3) is 5.91 Å². The minimum absolute atomic E-state index is 0.00815. The van der Waals surface area contributed by atoms with Crippen molar-refractivity contribution in [1.29, 1.82) is 0 Å². The van der Waals surface area contributed by atoms with Crippen molar-refractivity contribution >= 4 is 5.91 Å². The molecule has 0 aliphatic rings. The van der Waals surface area contributed by atoms with Crippen LogP contribution < -0.4 is 10.1 Å². The summed E-state index contributed by atoms with van der Waals surface area (Å²) in [6.45, 7) is 1.19. The second kappa shape index (κ2) is 7.83. The number of hydrogen-bond donors (Lipinski definition) is 2. The molecule has 2 unspecified atom stereocenters. The van der Waals surface area contributed by atoms with Crippen molar-refractivity contribution in [2.24, 2.45) is 0 Å². The van der Waals surface area contributed by atoms with Crippen LogP contribution in [0.25, 0.3) is 0 Å². The number of rotatable bonds is 6. The third-order valence-corrected chi connectivity index (χ3v) is 3.31. The smallest absolute Gasteiger partial charge is 0.260 e. The summed E-state index contributed by atoms with van der Waals surface area (Å²) in [5.74, 6) is -3.28. The molecule has 0 spiro atoms. The Balaban J connectivity index is 1.89. The average molecular weight is 339 g/mol. The van der Waals surface area contributed by atoms with E-state index in [-0.39, 0.29) is 17.9 Å². The molecule has 2 rings (SSSR count). The van der Waals surface area contributed by atoms with Crippen LogP contribution in [0.4, 0.5) is 13.2 Å².